The molecule has 0 saturated heterocycles. The van der Waals surface area contributed by atoms with Gasteiger partial charge in [0.25, 0.3) is 0 Å². The van der Waals surface area contributed by atoms with Crippen molar-refractivity contribution < 1.29 is 36.9 Å². The Morgan fingerprint density at radius 2 is 1.00 bits per heavy atom. The van der Waals surface area contributed by atoms with Gasteiger partial charge in [0.05, 0.1) is 11.1 Å². The van der Waals surface area contributed by atoms with Crippen LogP contribution in [-0.4, -0.2) is 22.8 Å². The molecule has 0 unspecified atom stereocenters. The van der Waals surface area contributed by atoms with Gasteiger partial charge in [-0.15, -0.1) is 0 Å². The molecule has 0 radical (unpaired) electrons. The number of carbonyl (C=O) groups is 2. The van der Waals surface area contributed by atoms with E-state index in [1.807, 2.05) is 0 Å². The van der Waals surface area contributed by atoms with Gasteiger partial charge in [0.15, 0.2) is 12.6 Å². The summed E-state index contributed by atoms with van der Waals surface area (Å²) in [5.41, 5.74) is 0.662. The molecule has 98 valence electrons. The van der Waals surface area contributed by atoms with Crippen LogP contribution in [0.2, 0.25) is 0 Å². The van der Waals surface area contributed by atoms with Crippen LogP contribution in [0.3, 0.4) is 0 Å². The second-order valence-corrected chi connectivity index (χ2v) is 3.35. The van der Waals surface area contributed by atoms with Crippen LogP contribution >= 0.6 is 0 Å². The molecule has 19 heavy (non-hydrogen) atoms. The predicted octanol–water partition coefficient (Wildman–Crippen LogP) is 2.41. The van der Waals surface area contributed by atoms with Crippen LogP contribution in [0.5, 0.6) is 11.5 Å². The minimum Gasteiger partial charge on any atom is -0.507 e. The largest absolute Gasteiger partial charge is 2.00 e. The second kappa shape index (κ2) is 8.91. The number of aromatic hydroxyl groups is 2. The third kappa shape index (κ3) is 5.38. The van der Waals surface area contributed by atoms with E-state index >= 15 is 0 Å². The monoisotopic (exact) mass is 300 g/mol. The molecule has 0 amide bonds. The first-order valence-corrected chi connectivity index (χ1v) is 5.15. The van der Waals surface area contributed by atoms with Crippen molar-refractivity contribution in [2.75, 3.05) is 0 Å². The maximum Gasteiger partial charge on any atom is 2.00 e. The normalized spacial score (nSPS) is 8.42. The molecule has 0 heterocycles. The topological polar surface area (TPSA) is 74.6 Å². The Balaban J connectivity index is 0.000000324. The average Bonchev–Trinajstić information content (AvgIpc) is 2.41. The summed E-state index contributed by atoms with van der Waals surface area (Å²) >= 11 is 0. The van der Waals surface area contributed by atoms with Gasteiger partial charge in [-0.3, -0.25) is 9.59 Å². The van der Waals surface area contributed by atoms with Gasteiger partial charge in [-0.25, -0.2) is 0 Å². The van der Waals surface area contributed by atoms with Gasteiger partial charge in [-0.1, -0.05) is 24.3 Å². The van der Waals surface area contributed by atoms with E-state index in [-0.39, 0.29) is 28.6 Å². The Morgan fingerprint density at radius 1 is 0.684 bits per heavy atom. The van der Waals surface area contributed by atoms with Crippen molar-refractivity contribution in [1.29, 1.82) is 0 Å². The van der Waals surface area contributed by atoms with E-state index in [4.69, 9.17) is 10.2 Å². The molecule has 4 nitrogen and oxygen atoms in total. The van der Waals surface area contributed by atoms with Crippen LogP contribution in [-0.2, 0) is 17.1 Å². The number of hydrogen-bond donors (Lipinski definition) is 2. The summed E-state index contributed by atoms with van der Waals surface area (Å²) in [6.45, 7) is 0. The molecule has 2 aromatic rings. The Morgan fingerprint density at radius 3 is 1.21 bits per heavy atom. The van der Waals surface area contributed by atoms with Crippen molar-refractivity contribution in [2.45, 2.75) is 0 Å². The number of aldehydes is 2. The number of phenolic OH excluding ortho intramolecular Hbond substituents is 2. The van der Waals surface area contributed by atoms with E-state index in [1.165, 1.54) is 12.1 Å². The molecule has 0 aliphatic heterocycles. The number of rotatable bonds is 2. The van der Waals surface area contributed by atoms with Gasteiger partial charge >= 0.3 is 17.1 Å². The smallest absolute Gasteiger partial charge is 0.507 e. The van der Waals surface area contributed by atoms with Crippen molar-refractivity contribution in [1.82, 2.24) is 0 Å². The standard InChI is InChI=1S/2C7H6O2.Fe/c2*8-5-6-3-1-2-4-7(6)9;/h2*1-5,9H;/q;;+2. The van der Waals surface area contributed by atoms with Crippen molar-refractivity contribution in [3.8, 4) is 11.5 Å². The fraction of sp³-hybridized carbons (Fsp3) is 0. The molecule has 0 spiro atoms. The van der Waals surface area contributed by atoms with E-state index in [2.05, 4.69) is 0 Å². The summed E-state index contributed by atoms with van der Waals surface area (Å²) in [5, 5.41) is 17.8. The number of phenols is 2. The van der Waals surface area contributed by atoms with Crippen LogP contribution in [0.15, 0.2) is 48.5 Å². The van der Waals surface area contributed by atoms with Crippen LogP contribution in [0.25, 0.3) is 0 Å². The fourth-order valence-electron chi connectivity index (χ4n) is 1.17. The van der Waals surface area contributed by atoms with Crippen molar-refractivity contribution in [3.05, 3.63) is 59.7 Å². The van der Waals surface area contributed by atoms with Crippen molar-refractivity contribution in [3.63, 3.8) is 0 Å². The Kier molecular flexibility index (Phi) is 7.93. The molecule has 2 N–H and O–H groups in total. The van der Waals surface area contributed by atoms with E-state index in [1.54, 1.807) is 36.4 Å². The molecule has 0 aliphatic carbocycles. The summed E-state index contributed by atoms with van der Waals surface area (Å²) in [7, 11) is 0. The Bertz CT molecular complexity index is 491. The molecular formula is C14H12FeO4+2. The molecule has 2 rings (SSSR count). The van der Waals surface area contributed by atoms with E-state index < -0.39 is 0 Å². The second-order valence-electron chi connectivity index (χ2n) is 3.35. The number of carbonyl (C=O) groups excluding carboxylic acids is 2. The van der Waals surface area contributed by atoms with Crippen LogP contribution < -0.4 is 0 Å². The third-order valence-corrected chi connectivity index (χ3v) is 2.13. The first kappa shape index (κ1) is 16.9. The van der Waals surface area contributed by atoms with Crippen molar-refractivity contribution in [2.24, 2.45) is 0 Å². The van der Waals surface area contributed by atoms with Gasteiger partial charge in [0, 0.05) is 0 Å². The average molecular weight is 300 g/mol. The van der Waals surface area contributed by atoms with Crippen LogP contribution in [0.4, 0.5) is 0 Å². The molecule has 0 bridgehead atoms. The number of hydrogen-bond acceptors (Lipinski definition) is 4. The van der Waals surface area contributed by atoms with Gasteiger partial charge in [-0.2, -0.15) is 0 Å². The first-order chi connectivity index (χ1) is 8.69. The zero-order valence-corrected chi connectivity index (χ0v) is 10.9. The van der Waals surface area contributed by atoms with Crippen LogP contribution in [0.1, 0.15) is 20.7 Å². The fourth-order valence-corrected chi connectivity index (χ4v) is 1.17. The molecule has 5 heteroatoms. The van der Waals surface area contributed by atoms with Gasteiger partial charge in [0.2, 0.25) is 0 Å². The molecule has 0 atom stereocenters. The summed E-state index contributed by atoms with van der Waals surface area (Å²) in [6, 6.07) is 12.8. The quantitative estimate of drug-likeness (QED) is 0.659. The maximum atomic E-state index is 10.1. The minimum absolute atomic E-state index is 0. The van der Waals surface area contributed by atoms with E-state index in [0.29, 0.717) is 23.7 Å². The molecular weight excluding hydrogens is 288 g/mol. The maximum absolute atomic E-state index is 10.1. The molecule has 0 fully saturated rings. The van der Waals surface area contributed by atoms with Gasteiger partial charge in [-0.05, 0) is 24.3 Å². The van der Waals surface area contributed by atoms with Gasteiger partial charge < -0.3 is 10.2 Å². The number of benzene rings is 2. The summed E-state index contributed by atoms with van der Waals surface area (Å²) < 4.78 is 0. The summed E-state index contributed by atoms with van der Waals surface area (Å²) in [5.74, 6) is 0.0694. The summed E-state index contributed by atoms with van der Waals surface area (Å²) in [4.78, 5) is 20.1. The Labute approximate surface area is 121 Å². The zero-order chi connectivity index (χ0) is 13.4. The van der Waals surface area contributed by atoms with Gasteiger partial charge in [0.1, 0.15) is 11.5 Å². The SMILES string of the molecule is O=Cc1ccccc1O.O=Cc1ccccc1O.[Fe+2]. The first-order valence-electron chi connectivity index (χ1n) is 5.15. The predicted molar refractivity (Wildman–Crippen MR) is 67.0 cm³/mol. The third-order valence-electron chi connectivity index (χ3n) is 2.13. The summed E-state index contributed by atoms with van der Waals surface area (Å²) in [6.07, 6.45) is 1.24. The molecule has 0 saturated carbocycles. The number of para-hydroxylation sites is 2. The minimum atomic E-state index is 0. The van der Waals surface area contributed by atoms with Crippen molar-refractivity contribution >= 4 is 12.6 Å². The Hall–Kier alpha value is -2.10. The van der Waals surface area contributed by atoms with E-state index in [9.17, 15) is 9.59 Å². The van der Waals surface area contributed by atoms with Crippen LogP contribution in [0, 0.1) is 0 Å². The van der Waals surface area contributed by atoms with E-state index in [0.717, 1.165) is 0 Å². The molecule has 0 aromatic heterocycles. The zero-order valence-electron chi connectivity index (χ0n) is 9.84. The molecule has 0 aliphatic rings. The molecule has 2 aromatic carbocycles.